The second-order valence-electron chi connectivity index (χ2n) is 9.43. The van der Waals surface area contributed by atoms with Crippen molar-refractivity contribution in [2.45, 2.75) is 50.9 Å². The first kappa shape index (κ1) is 25.5. The highest BCUT2D eigenvalue weighted by atomic mass is 19.4. The molecule has 3 aromatic carbocycles. The average Bonchev–Trinajstić information content (AvgIpc) is 2.72. The van der Waals surface area contributed by atoms with Crippen LogP contribution in [0.5, 0.6) is 0 Å². The number of benzene rings is 3. The predicted molar refractivity (Wildman–Crippen MR) is 122 cm³/mol. The Balaban J connectivity index is 2.08. The van der Waals surface area contributed by atoms with Crippen LogP contribution in [0.1, 0.15) is 61.1 Å². The molecule has 0 aliphatic rings. The molecule has 0 atom stereocenters. The monoisotopic (exact) mass is 480 g/mol. The van der Waals surface area contributed by atoms with Crippen molar-refractivity contribution in [2.75, 3.05) is 11.5 Å². The highest BCUT2D eigenvalue weighted by Crippen LogP contribution is 2.42. The van der Waals surface area contributed by atoms with Gasteiger partial charge in [0.25, 0.3) is 0 Å². The SMILES string of the molecule is CC(C)(c1cccc(C(C)(C)c2ccc(N)c(C(F)(F)F)c2)c1)c1ccc(N)c(C(F)(F)F)c1. The molecular weight excluding hydrogens is 454 g/mol. The van der Waals surface area contributed by atoms with E-state index in [0.717, 1.165) is 12.1 Å². The van der Waals surface area contributed by atoms with Crippen LogP contribution in [-0.2, 0) is 23.2 Å². The molecule has 8 heteroatoms. The molecule has 3 aromatic rings. The van der Waals surface area contributed by atoms with Crippen LogP contribution in [-0.4, -0.2) is 0 Å². The molecule has 0 amide bonds. The molecule has 34 heavy (non-hydrogen) atoms. The van der Waals surface area contributed by atoms with Gasteiger partial charge in [-0.05, 0) is 46.5 Å². The van der Waals surface area contributed by atoms with Crippen molar-refractivity contribution in [1.82, 2.24) is 0 Å². The maximum absolute atomic E-state index is 13.4. The van der Waals surface area contributed by atoms with Crippen molar-refractivity contribution in [3.8, 4) is 0 Å². The molecule has 2 nitrogen and oxygen atoms in total. The Labute approximate surface area is 194 Å². The van der Waals surface area contributed by atoms with Crippen LogP contribution in [0.15, 0.2) is 60.7 Å². The zero-order valence-electron chi connectivity index (χ0n) is 19.2. The quantitative estimate of drug-likeness (QED) is 0.299. The van der Waals surface area contributed by atoms with E-state index in [0.29, 0.717) is 22.3 Å². The van der Waals surface area contributed by atoms with Crippen molar-refractivity contribution in [1.29, 1.82) is 0 Å². The number of nitrogens with two attached hydrogens (primary N) is 2. The Bertz CT molecular complexity index is 1120. The predicted octanol–water partition coefficient (Wildman–Crippen LogP) is 7.54. The minimum atomic E-state index is -4.59. The fraction of sp³-hybridized carbons (Fsp3) is 0.308. The second kappa shape index (κ2) is 8.25. The molecule has 0 spiro atoms. The van der Waals surface area contributed by atoms with Gasteiger partial charge < -0.3 is 11.5 Å². The van der Waals surface area contributed by atoms with Crippen molar-refractivity contribution >= 4 is 11.4 Å². The highest BCUT2D eigenvalue weighted by Gasteiger charge is 2.37. The van der Waals surface area contributed by atoms with Crippen LogP contribution in [0.2, 0.25) is 0 Å². The summed E-state index contributed by atoms with van der Waals surface area (Å²) in [5.74, 6) is 0. The van der Waals surface area contributed by atoms with Crippen LogP contribution in [0, 0.1) is 0 Å². The molecule has 0 bridgehead atoms. The molecule has 3 rings (SSSR count). The maximum atomic E-state index is 13.4. The lowest BCUT2D eigenvalue weighted by Crippen LogP contribution is -2.24. The summed E-state index contributed by atoms with van der Waals surface area (Å²) in [6.45, 7) is 7.15. The van der Waals surface area contributed by atoms with Gasteiger partial charge in [-0.3, -0.25) is 0 Å². The van der Waals surface area contributed by atoms with E-state index in [1.807, 2.05) is 6.07 Å². The van der Waals surface area contributed by atoms with Gasteiger partial charge in [-0.15, -0.1) is 0 Å². The normalized spacial score (nSPS) is 13.2. The zero-order chi connectivity index (χ0) is 25.7. The number of halogens is 6. The lowest BCUT2D eigenvalue weighted by atomic mass is 9.73. The highest BCUT2D eigenvalue weighted by molar-refractivity contribution is 5.55. The minimum Gasteiger partial charge on any atom is -0.398 e. The Morgan fingerprint density at radius 3 is 1.15 bits per heavy atom. The Kier molecular flexibility index (Phi) is 6.18. The zero-order valence-corrected chi connectivity index (χ0v) is 19.2. The summed E-state index contributed by atoms with van der Waals surface area (Å²) < 4.78 is 80.4. The van der Waals surface area contributed by atoms with E-state index in [-0.39, 0.29) is 11.4 Å². The van der Waals surface area contributed by atoms with Gasteiger partial charge in [-0.25, -0.2) is 0 Å². The van der Waals surface area contributed by atoms with Crippen molar-refractivity contribution in [2.24, 2.45) is 0 Å². The number of alkyl halides is 6. The molecule has 0 aliphatic carbocycles. The second-order valence-corrected chi connectivity index (χ2v) is 9.43. The maximum Gasteiger partial charge on any atom is 0.418 e. The number of anilines is 2. The summed E-state index contributed by atoms with van der Waals surface area (Å²) >= 11 is 0. The molecule has 0 saturated carbocycles. The Morgan fingerprint density at radius 2 is 0.824 bits per heavy atom. The molecule has 4 N–H and O–H groups in total. The summed E-state index contributed by atoms with van der Waals surface area (Å²) in [6.07, 6.45) is -9.18. The molecule has 0 unspecified atom stereocenters. The first-order valence-electron chi connectivity index (χ1n) is 10.5. The summed E-state index contributed by atoms with van der Waals surface area (Å²) in [7, 11) is 0. The summed E-state index contributed by atoms with van der Waals surface area (Å²) in [4.78, 5) is 0. The number of hydrogen-bond donors (Lipinski definition) is 2. The van der Waals surface area contributed by atoms with E-state index in [4.69, 9.17) is 11.5 Å². The van der Waals surface area contributed by atoms with Gasteiger partial charge >= 0.3 is 12.4 Å². The van der Waals surface area contributed by atoms with Crippen molar-refractivity contribution < 1.29 is 26.3 Å². The van der Waals surface area contributed by atoms with E-state index < -0.39 is 34.3 Å². The van der Waals surface area contributed by atoms with Gasteiger partial charge in [-0.1, -0.05) is 64.1 Å². The van der Waals surface area contributed by atoms with Gasteiger partial charge in [0.1, 0.15) is 0 Å². The molecule has 0 aliphatic heterocycles. The van der Waals surface area contributed by atoms with Crippen LogP contribution < -0.4 is 11.5 Å². The molecule has 0 radical (unpaired) electrons. The largest absolute Gasteiger partial charge is 0.418 e. The summed E-state index contributed by atoms with van der Waals surface area (Å²) in [6, 6.07) is 14.8. The topological polar surface area (TPSA) is 52.0 Å². The fourth-order valence-corrected chi connectivity index (χ4v) is 4.01. The van der Waals surface area contributed by atoms with Gasteiger partial charge in [0.15, 0.2) is 0 Å². The summed E-state index contributed by atoms with van der Waals surface area (Å²) in [5, 5.41) is 0. The van der Waals surface area contributed by atoms with Gasteiger partial charge in [-0.2, -0.15) is 26.3 Å². The lowest BCUT2D eigenvalue weighted by Gasteiger charge is -2.31. The van der Waals surface area contributed by atoms with E-state index >= 15 is 0 Å². The smallest absolute Gasteiger partial charge is 0.398 e. The average molecular weight is 480 g/mol. The van der Waals surface area contributed by atoms with Gasteiger partial charge in [0.05, 0.1) is 11.1 Å². The van der Waals surface area contributed by atoms with Crippen molar-refractivity contribution in [3.63, 3.8) is 0 Å². The van der Waals surface area contributed by atoms with Crippen LogP contribution in [0.4, 0.5) is 37.7 Å². The molecular formula is C26H26F6N2. The Hall–Kier alpha value is -3.16. The van der Waals surface area contributed by atoms with E-state index in [9.17, 15) is 26.3 Å². The van der Waals surface area contributed by atoms with E-state index in [1.165, 1.54) is 12.1 Å². The van der Waals surface area contributed by atoms with Gasteiger partial charge in [0, 0.05) is 22.2 Å². The first-order chi connectivity index (χ1) is 15.5. The van der Waals surface area contributed by atoms with Crippen LogP contribution in [0.25, 0.3) is 0 Å². The lowest BCUT2D eigenvalue weighted by molar-refractivity contribution is -0.137. The first-order valence-corrected chi connectivity index (χ1v) is 10.5. The third-order valence-electron chi connectivity index (χ3n) is 6.47. The molecule has 0 heterocycles. The number of hydrogen-bond acceptors (Lipinski definition) is 2. The standard InChI is InChI=1S/C26H26F6N2/c1-23(2,17-8-10-21(33)19(13-17)25(27,28)29)15-6-5-7-16(12-15)24(3,4)18-9-11-22(34)20(14-18)26(30,31)32/h5-14H,33-34H2,1-4H3. The van der Waals surface area contributed by atoms with E-state index in [1.54, 1.807) is 58.0 Å². The fourth-order valence-electron chi connectivity index (χ4n) is 4.01. The van der Waals surface area contributed by atoms with Crippen LogP contribution >= 0.6 is 0 Å². The van der Waals surface area contributed by atoms with Crippen LogP contribution in [0.3, 0.4) is 0 Å². The van der Waals surface area contributed by atoms with E-state index in [2.05, 4.69) is 0 Å². The molecule has 0 saturated heterocycles. The molecule has 182 valence electrons. The molecule has 0 aromatic heterocycles. The van der Waals surface area contributed by atoms with Crippen molar-refractivity contribution in [3.05, 3.63) is 94.0 Å². The number of rotatable bonds is 4. The Morgan fingerprint density at radius 1 is 0.500 bits per heavy atom. The third kappa shape index (κ3) is 4.72. The summed E-state index contributed by atoms with van der Waals surface area (Å²) in [5.41, 5.74) is 9.15. The number of nitrogen functional groups attached to an aromatic ring is 2. The van der Waals surface area contributed by atoms with Gasteiger partial charge in [0.2, 0.25) is 0 Å². The third-order valence-corrected chi connectivity index (χ3v) is 6.47. The molecule has 0 fully saturated rings. The minimum absolute atomic E-state index is 0.356.